The van der Waals surface area contributed by atoms with Crippen LogP contribution in [0.2, 0.25) is 0 Å². The number of aliphatic hydroxyl groups excluding tert-OH is 1. The molecule has 0 spiro atoms. The number of benzene rings is 1. The molecule has 0 unspecified atom stereocenters. The molecule has 6 heteroatoms. The van der Waals surface area contributed by atoms with E-state index in [1.165, 1.54) is 5.56 Å². The molecular weight excluding hydrogens is 378 g/mol. The summed E-state index contributed by atoms with van der Waals surface area (Å²) < 4.78 is 0. The van der Waals surface area contributed by atoms with Gasteiger partial charge >= 0.3 is 0 Å². The third kappa shape index (κ3) is 3.19. The summed E-state index contributed by atoms with van der Waals surface area (Å²) in [5, 5.41) is 9.54. The summed E-state index contributed by atoms with van der Waals surface area (Å²) in [4.78, 5) is 34.8. The third-order valence-electron chi connectivity index (χ3n) is 6.95. The molecule has 1 aliphatic carbocycles. The van der Waals surface area contributed by atoms with Crippen molar-refractivity contribution in [3.8, 4) is 11.3 Å². The fourth-order valence-electron chi connectivity index (χ4n) is 5.21. The lowest BCUT2D eigenvalue weighted by Gasteiger charge is -2.35. The quantitative estimate of drug-likeness (QED) is 0.852. The average Bonchev–Trinajstić information content (AvgIpc) is 3.33. The van der Waals surface area contributed by atoms with E-state index in [2.05, 4.69) is 4.98 Å². The van der Waals surface area contributed by atoms with Gasteiger partial charge in [0.15, 0.2) is 0 Å². The lowest BCUT2D eigenvalue weighted by Crippen LogP contribution is -2.47. The summed E-state index contributed by atoms with van der Waals surface area (Å²) in [7, 11) is 0. The minimum Gasteiger partial charge on any atom is -0.393 e. The van der Waals surface area contributed by atoms with Crippen LogP contribution in [0.1, 0.15) is 41.6 Å². The number of carbonyl (C=O) groups excluding carboxylic acids is 2. The van der Waals surface area contributed by atoms with Crippen LogP contribution in [0.4, 0.5) is 0 Å². The molecule has 1 saturated carbocycles. The molecule has 2 amide bonds. The minimum absolute atomic E-state index is 0.000426. The zero-order chi connectivity index (χ0) is 20.8. The van der Waals surface area contributed by atoms with Crippen molar-refractivity contribution in [2.24, 2.45) is 5.92 Å². The summed E-state index contributed by atoms with van der Waals surface area (Å²) in [5.74, 6) is 0.110. The highest BCUT2D eigenvalue weighted by Crippen LogP contribution is 2.37. The number of pyridine rings is 1. The van der Waals surface area contributed by atoms with Crippen molar-refractivity contribution in [1.82, 2.24) is 14.8 Å². The predicted molar refractivity (Wildman–Crippen MR) is 113 cm³/mol. The standard InChI is InChI=1S/C24H27N3O3/c1-15-4-6-16(7-5-15)22-19(3-2-10-25-22)24(30)27-12-9-20-21(27)8-11-26(20)23(29)17-13-18(28)14-17/h2-7,10,17-18,20-21,28H,8-9,11-14H2,1H3/t17?,18?,20-,21-/m1/s1. The molecule has 0 radical (unpaired) electrons. The van der Waals surface area contributed by atoms with Crippen molar-refractivity contribution in [2.75, 3.05) is 13.1 Å². The van der Waals surface area contributed by atoms with Gasteiger partial charge in [-0.25, -0.2) is 0 Å². The number of amides is 2. The number of aryl methyl sites for hydroxylation is 1. The Kier molecular flexibility index (Phi) is 4.82. The van der Waals surface area contributed by atoms with Crippen LogP contribution in [0.15, 0.2) is 42.6 Å². The van der Waals surface area contributed by atoms with Crippen molar-refractivity contribution in [1.29, 1.82) is 0 Å². The predicted octanol–water partition coefficient (Wildman–Crippen LogP) is 2.64. The zero-order valence-electron chi connectivity index (χ0n) is 17.2. The number of nitrogens with zero attached hydrogens (tertiary/aromatic N) is 3. The molecule has 1 aromatic heterocycles. The van der Waals surface area contributed by atoms with Crippen LogP contribution in [0.3, 0.4) is 0 Å². The Hall–Kier alpha value is -2.73. The molecule has 3 fully saturated rings. The second-order valence-electron chi connectivity index (χ2n) is 8.83. The van der Waals surface area contributed by atoms with E-state index in [0.717, 1.165) is 18.4 Å². The van der Waals surface area contributed by atoms with Crippen LogP contribution in [0, 0.1) is 12.8 Å². The van der Waals surface area contributed by atoms with E-state index >= 15 is 0 Å². The average molecular weight is 405 g/mol. The van der Waals surface area contributed by atoms with Crippen molar-refractivity contribution in [3.05, 3.63) is 53.7 Å². The van der Waals surface area contributed by atoms with Crippen molar-refractivity contribution in [3.63, 3.8) is 0 Å². The molecule has 2 aromatic rings. The van der Waals surface area contributed by atoms with Gasteiger partial charge in [0.2, 0.25) is 5.91 Å². The van der Waals surface area contributed by atoms with Crippen molar-refractivity contribution >= 4 is 11.8 Å². The Bertz CT molecular complexity index is 968. The molecule has 1 N–H and O–H groups in total. The van der Waals surface area contributed by atoms with Gasteiger partial charge in [0.25, 0.3) is 5.91 Å². The van der Waals surface area contributed by atoms with Gasteiger partial charge in [0.1, 0.15) is 0 Å². The molecule has 3 heterocycles. The summed E-state index contributed by atoms with van der Waals surface area (Å²) in [6.07, 6.45) is 4.18. The second-order valence-corrected chi connectivity index (χ2v) is 8.83. The Labute approximate surface area is 176 Å². The number of aliphatic hydroxyl groups is 1. The highest BCUT2D eigenvalue weighted by molar-refractivity contribution is 6.00. The van der Waals surface area contributed by atoms with E-state index in [4.69, 9.17) is 0 Å². The minimum atomic E-state index is -0.329. The van der Waals surface area contributed by atoms with Gasteiger partial charge in [-0.05, 0) is 44.7 Å². The molecule has 2 saturated heterocycles. The number of carbonyl (C=O) groups is 2. The van der Waals surface area contributed by atoms with Crippen LogP contribution in [0.5, 0.6) is 0 Å². The highest BCUT2D eigenvalue weighted by Gasteiger charge is 2.48. The number of likely N-dealkylation sites (tertiary alicyclic amines) is 2. The summed E-state index contributed by atoms with van der Waals surface area (Å²) >= 11 is 0. The normalized spacial score (nSPS) is 27.7. The van der Waals surface area contributed by atoms with E-state index in [1.807, 2.05) is 53.1 Å². The van der Waals surface area contributed by atoms with Crippen LogP contribution in [0.25, 0.3) is 11.3 Å². The van der Waals surface area contributed by atoms with E-state index in [1.54, 1.807) is 6.20 Å². The van der Waals surface area contributed by atoms with E-state index in [9.17, 15) is 14.7 Å². The maximum absolute atomic E-state index is 13.5. The van der Waals surface area contributed by atoms with Gasteiger partial charge in [-0.15, -0.1) is 0 Å². The molecule has 2 atom stereocenters. The van der Waals surface area contributed by atoms with Gasteiger partial charge in [-0.3, -0.25) is 14.6 Å². The number of rotatable bonds is 3. The zero-order valence-corrected chi connectivity index (χ0v) is 17.2. The third-order valence-corrected chi connectivity index (χ3v) is 6.95. The Morgan fingerprint density at radius 3 is 2.37 bits per heavy atom. The lowest BCUT2D eigenvalue weighted by molar-refractivity contribution is -0.143. The Balaban J connectivity index is 1.36. The van der Waals surface area contributed by atoms with Gasteiger partial charge in [0.05, 0.1) is 29.4 Å². The number of hydrogen-bond donors (Lipinski definition) is 1. The molecule has 3 aliphatic rings. The molecule has 156 valence electrons. The maximum atomic E-state index is 13.5. The van der Waals surface area contributed by atoms with Crippen molar-refractivity contribution in [2.45, 2.75) is 50.8 Å². The van der Waals surface area contributed by atoms with Crippen LogP contribution < -0.4 is 0 Å². The highest BCUT2D eigenvalue weighted by atomic mass is 16.3. The summed E-state index contributed by atoms with van der Waals surface area (Å²) in [5.41, 5.74) is 3.43. The summed E-state index contributed by atoms with van der Waals surface area (Å²) in [6, 6.07) is 11.9. The number of aromatic nitrogens is 1. The first kappa shape index (κ1) is 19.2. The molecular formula is C24H27N3O3. The van der Waals surface area contributed by atoms with Crippen LogP contribution >= 0.6 is 0 Å². The lowest BCUT2D eigenvalue weighted by atomic mass is 9.81. The second kappa shape index (κ2) is 7.51. The largest absolute Gasteiger partial charge is 0.393 e. The molecule has 6 nitrogen and oxygen atoms in total. The van der Waals surface area contributed by atoms with Gasteiger partial charge < -0.3 is 14.9 Å². The number of fused-ring (bicyclic) bond motifs is 1. The molecule has 2 aliphatic heterocycles. The fourth-order valence-corrected chi connectivity index (χ4v) is 5.21. The maximum Gasteiger partial charge on any atom is 0.256 e. The first-order chi connectivity index (χ1) is 14.5. The van der Waals surface area contributed by atoms with Crippen molar-refractivity contribution < 1.29 is 14.7 Å². The molecule has 1 aromatic carbocycles. The first-order valence-corrected chi connectivity index (χ1v) is 10.8. The monoisotopic (exact) mass is 405 g/mol. The van der Waals surface area contributed by atoms with Gasteiger partial charge in [0, 0.05) is 30.8 Å². The van der Waals surface area contributed by atoms with E-state index in [0.29, 0.717) is 37.2 Å². The van der Waals surface area contributed by atoms with Crippen LogP contribution in [-0.4, -0.2) is 63.0 Å². The van der Waals surface area contributed by atoms with Gasteiger partial charge in [-0.1, -0.05) is 29.8 Å². The molecule has 30 heavy (non-hydrogen) atoms. The van der Waals surface area contributed by atoms with E-state index < -0.39 is 0 Å². The first-order valence-electron chi connectivity index (χ1n) is 10.8. The topological polar surface area (TPSA) is 73.7 Å². The fraction of sp³-hybridized carbons (Fsp3) is 0.458. The smallest absolute Gasteiger partial charge is 0.256 e. The van der Waals surface area contributed by atoms with E-state index in [-0.39, 0.29) is 35.9 Å². The SMILES string of the molecule is Cc1ccc(-c2ncccc2C(=O)N2CC[C@@H]3[C@H]2CCN3C(=O)C2CC(O)C2)cc1. The van der Waals surface area contributed by atoms with Gasteiger partial charge in [-0.2, -0.15) is 0 Å². The Morgan fingerprint density at radius 2 is 1.67 bits per heavy atom. The van der Waals surface area contributed by atoms with Crippen LogP contribution in [-0.2, 0) is 4.79 Å². The Morgan fingerprint density at radius 1 is 1.00 bits per heavy atom. The number of hydrogen-bond acceptors (Lipinski definition) is 4. The molecule has 5 rings (SSSR count). The molecule has 0 bridgehead atoms. The summed E-state index contributed by atoms with van der Waals surface area (Å²) in [6.45, 7) is 3.39.